The van der Waals surface area contributed by atoms with Gasteiger partial charge in [0.1, 0.15) is 5.69 Å². The average molecular weight is 375 g/mol. The normalized spacial score (nSPS) is 19.3. The zero-order chi connectivity index (χ0) is 19.1. The molecule has 142 valence electrons. The smallest absolute Gasteiger partial charge is 0.274 e. The lowest BCUT2D eigenvalue weighted by Crippen LogP contribution is -2.41. The molecule has 1 saturated carbocycles. The van der Waals surface area contributed by atoms with Crippen LogP contribution in [0.4, 0.5) is 0 Å². The molecule has 7 nitrogen and oxygen atoms in total. The number of rotatable bonds is 4. The maximum Gasteiger partial charge on any atom is 0.274 e. The summed E-state index contributed by atoms with van der Waals surface area (Å²) in [5.74, 6) is 0.355. The number of nitrogens with zero attached hydrogens (tertiary/aromatic N) is 5. The third kappa shape index (κ3) is 3.17. The first-order chi connectivity index (χ1) is 13.7. The Morgan fingerprint density at radius 2 is 1.89 bits per heavy atom. The Labute approximate surface area is 162 Å². The first-order valence-corrected chi connectivity index (χ1v) is 9.80. The predicted octanol–water partition coefficient (Wildman–Crippen LogP) is 2.37. The van der Waals surface area contributed by atoms with Crippen molar-refractivity contribution in [2.24, 2.45) is 0 Å². The van der Waals surface area contributed by atoms with E-state index in [4.69, 9.17) is 0 Å². The summed E-state index contributed by atoms with van der Waals surface area (Å²) in [6.45, 7) is 1.08. The maximum absolute atomic E-state index is 13.1. The van der Waals surface area contributed by atoms with Crippen molar-refractivity contribution in [1.82, 2.24) is 24.6 Å². The summed E-state index contributed by atoms with van der Waals surface area (Å²) in [5, 5.41) is 4.54. The third-order valence-electron chi connectivity index (χ3n) is 5.57. The highest BCUT2D eigenvalue weighted by atomic mass is 16.2. The number of fused-ring (bicyclic) bond motifs is 1. The number of hydrogen-bond donors (Lipinski definition) is 0. The summed E-state index contributed by atoms with van der Waals surface area (Å²) in [6.07, 6.45) is 5.58. The number of aromatic nitrogens is 4. The van der Waals surface area contributed by atoms with E-state index in [0.717, 1.165) is 36.9 Å². The van der Waals surface area contributed by atoms with E-state index >= 15 is 0 Å². The number of likely N-dealkylation sites (tertiary alicyclic amines) is 1. The van der Waals surface area contributed by atoms with Crippen molar-refractivity contribution in [1.29, 1.82) is 0 Å². The summed E-state index contributed by atoms with van der Waals surface area (Å²) in [4.78, 5) is 36.0. The minimum Gasteiger partial charge on any atom is -0.332 e. The Bertz CT molecular complexity index is 1110. The fourth-order valence-electron chi connectivity index (χ4n) is 3.89. The van der Waals surface area contributed by atoms with Crippen LogP contribution in [-0.4, -0.2) is 43.1 Å². The van der Waals surface area contributed by atoms with E-state index < -0.39 is 0 Å². The fraction of sp³-hybridized carbons (Fsp3) is 0.381. The van der Waals surface area contributed by atoms with Crippen LogP contribution in [0.3, 0.4) is 0 Å². The van der Waals surface area contributed by atoms with Gasteiger partial charge in [-0.2, -0.15) is 5.10 Å². The molecule has 1 atom stereocenters. The molecule has 0 radical (unpaired) electrons. The van der Waals surface area contributed by atoms with E-state index in [0.29, 0.717) is 30.2 Å². The van der Waals surface area contributed by atoms with Gasteiger partial charge in [0.15, 0.2) is 0 Å². The number of amides is 1. The molecule has 3 aromatic rings. The molecule has 1 aliphatic heterocycles. The topological polar surface area (TPSA) is 81.0 Å². The number of carbonyl (C=O) groups excluding carboxylic acids is 1. The molecule has 1 aliphatic carbocycles. The lowest BCUT2D eigenvalue weighted by atomic mass is 10.2. The molecule has 7 heteroatoms. The average Bonchev–Trinajstić information content (AvgIpc) is 3.47. The van der Waals surface area contributed by atoms with Gasteiger partial charge in [0.25, 0.3) is 11.5 Å². The number of hydrogen-bond acceptors (Lipinski definition) is 5. The molecule has 1 unspecified atom stereocenters. The van der Waals surface area contributed by atoms with Gasteiger partial charge < -0.3 is 4.90 Å². The summed E-state index contributed by atoms with van der Waals surface area (Å²) < 4.78 is 1.52. The van der Waals surface area contributed by atoms with Crippen LogP contribution in [0, 0.1) is 0 Å². The summed E-state index contributed by atoms with van der Waals surface area (Å²) in [6, 6.07) is 10.9. The second-order valence-electron chi connectivity index (χ2n) is 7.59. The van der Waals surface area contributed by atoms with E-state index in [9.17, 15) is 9.59 Å². The number of para-hydroxylation sites is 2. The Kier molecular flexibility index (Phi) is 4.15. The molecule has 1 saturated heterocycles. The molecule has 0 spiro atoms. The highest BCUT2D eigenvalue weighted by Gasteiger charge is 2.32. The van der Waals surface area contributed by atoms with Gasteiger partial charge >= 0.3 is 0 Å². The first-order valence-electron chi connectivity index (χ1n) is 9.80. The molecule has 1 aromatic carbocycles. The van der Waals surface area contributed by atoms with Crippen LogP contribution in [0.15, 0.2) is 47.4 Å². The van der Waals surface area contributed by atoms with Gasteiger partial charge in [-0.3, -0.25) is 14.6 Å². The molecular weight excluding hydrogens is 354 g/mol. The quantitative estimate of drug-likeness (QED) is 0.699. The van der Waals surface area contributed by atoms with E-state index in [2.05, 4.69) is 15.1 Å². The van der Waals surface area contributed by atoms with E-state index in [1.807, 2.05) is 35.2 Å². The first kappa shape index (κ1) is 17.0. The highest BCUT2D eigenvalue weighted by molar-refractivity contribution is 5.94. The number of carbonyl (C=O) groups is 1. The van der Waals surface area contributed by atoms with Crippen molar-refractivity contribution in [2.45, 2.75) is 44.2 Å². The summed E-state index contributed by atoms with van der Waals surface area (Å²) >= 11 is 0. The molecule has 3 heterocycles. The minimum absolute atomic E-state index is 0.0552. The van der Waals surface area contributed by atoms with Gasteiger partial charge in [-0.05, 0) is 43.9 Å². The van der Waals surface area contributed by atoms with Crippen LogP contribution in [0.1, 0.15) is 47.8 Å². The molecule has 28 heavy (non-hydrogen) atoms. The summed E-state index contributed by atoms with van der Waals surface area (Å²) in [7, 11) is 0. The van der Waals surface area contributed by atoms with Gasteiger partial charge in [0.2, 0.25) is 0 Å². The van der Waals surface area contributed by atoms with Gasteiger partial charge in [-0.15, -0.1) is 0 Å². The third-order valence-corrected chi connectivity index (χ3v) is 5.57. The molecule has 0 bridgehead atoms. The summed E-state index contributed by atoms with van der Waals surface area (Å²) in [5.41, 5.74) is 2.69. The van der Waals surface area contributed by atoms with Crippen LogP contribution in [-0.2, 0) is 6.54 Å². The Morgan fingerprint density at radius 1 is 1.07 bits per heavy atom. The molecule has 2 aliphatic rings. The minimum atomic E-state index is -0.132. The van der Waals surface area contributed by atoms with Crippen molar-refractivity contribution in [3.63, 3.8) is 0 Å². The van der Waals surface area contributed by atoms with Gasteiger partial charge in [-0.25, -0.2) is 9.67 Å². The zero-order valence-electron chi connectivity index (χ0n) is 15.5. The molecule has 2 fully saturated rings. The van der Waals surface area contributed by atoms with Crippen LogP contribution < -0.4 is 5.56 Å². The van der Waals surface area contributed by atoms with Crippen molar-refractivity contribution in [3.05, 3.63) is 64.3 Å². The Morgan fingerprint density at radius 3 is 2.71 bits per heavy atom. The lowest BCUT2D eigenvalue weighted by Gasteiger charge is -2.24. The van der Waals surface area contributed by atoms with Gasteiger partial charge in [0.05, 0.1) is 35.5 Å². The van der Waals surface area contributed by atoms with Crippen molar-refractivity contribution < 1.29 is 4.79 Å². The molecular formula is C21H21N5O2. The van der Waals surface area contributed by atoms with E-state index in [-0.39, 0.29) is 17.5 Å². The van der Waals surface area contributed by atoms with Gasteiger partial charge in [0, 0.05) is 18.5 Å². The molecule has 0 N–H and O–H groups in total. The maximum atomic E-state index is 13.1. The van der Waals surface area contributed by atoms with E-state index in [1.165, 1.54) is 10.9 Å². The Balaban J connectivity index is 1.39. The van der Waals surface area contributed by atoms with Gasteiger partial charge in [-0.1, -0.05) is 12.1 Å². The Hall–Kier alpha value is -3.09. The van der Waals surface area contributed by atoms with Crippen LogP contribution in [0.25, 0.3) is 11.0 Å². The van der Waals surface area contributed by atoms with Crippen molar-refractivity contribution in [3.8, 4) is 0 Å². The van der Waals surface area contributed by atoms with Crippen molar-refractivity contribution >= 4 is 16.9 Å². The zero-order valence-corrected chi connectivity index (χ0v) is 15.5. The largest absolute Gasteiger partial charge is 0.332 e. The fourth-order valence-corrected chi connectivity index (χ4v) is 3.89. The lowest BCUT2D eigenvalue weighted by molar-refractivity contribution is 0.0714. The number of benzene rings is 1. The standard InChI is InChI=1S/C21H21N5O2/c27-20-10-9-16(14-7-8-14)24-26(20)13-15-4-3-11-25(15)21(28)19-12-22-17-5-1-2-6-18(17)23-19/h1-2,5-6,9-10,12,14-15H,3-4,7-8,11,13H2. The monoisotopic (exact) mass is 375 g/mol. The molecule has 5 rings (SSSR count). The predicted molar refractivity (Wildman–Crippen MR) is 104 cm³/mol. The highest BCUT2D eigenvalue weighted by Crippen LogP contribution is 2.38. The van der Waals surface area contributed by atoms with Crippen LogP contribution in [0.2, 0.25) is 0 Å². The molecule has 2 aromatic heterocycles. The van der Waals surface area contributed by atoms with Crippen LogP contribution >= 0.6 is 0 Å². The second-order valence-corrected chi connectivity index (χ2v) is 7.59. The van der Waals surface area contributed by atoms with Crippen LogP contribution in [0.5, 0.6) is 0 Å². The van der Waals surface area contributed by atoms with E-state index in [1.54, 1.807) is 6.07 Å². The molecule has 1 amide bonds. The van der Waals surface area contributed by atoms with Crippen molar-refractivity contribution in [2.75, 3.05) is 6.54 Å². The second kappa shape index (κ2) is 6.82. The SMILES string of the molecule is O=C(c1cnc2ccccc2n1)N1CCCC1Cn1nc(C2CC2)ccc1=O.